The Labute approximate surface area is 90.6 Å². The first-order chi connectivity index (χ1) is 7.15. The largest absolute Gasteiger partial charge is 0.368 e. The first kappa shape index (κ1) is 12.0. The Kier molecular flexibility index (Phi) is 4.59. The molecule has 0 aliphatic heterocycles. The topological polar surface area (TPSA) is 72.2 Å². The lowest BCUT2D eigenvalue weighted by Gasteiger charge is -2.23. The van der Waals surface area contributed by atoms with Crippen molar-refractivity contribution in [1.82, 2.24) is 5.32 Å². The van der Waals surface area contributed by atoms with Crippen LogP contribution in [-0.2, 0) is 9.59 Å². The lowest BCUT2D eigenvalue weighted by Crippen LogP contribution is -2.46. The highest BCUT2D eigenvalue weighted by atomic mass is 16.2. The number of hydrogen-bond acceptors (Lipinski definition) is 2. The molecule has 0 bridgehead atoms. The average molecular weight is 212 g/mol. The molecule has 1 aliphatic carbocycles. The Bertz CT molecular complexity index is 235. The zero-order chi connectivity index (χ0) is 11.3. The van der Waals surface area contributed by atoms with Gasteiger partial charge in [-0.1, -0.05) is 26.2 Å². The Morgan fingerprint density at radius 1 is 1.33 bits per heavy atom. The lowest BCUT2D eigenvalue weighted by molar-refractivity contribution is -0.130. The molecule has 0 heterocycles. The Morgan fingerprint density at radius 2 is 1.93 bits per heavy atom. The normalized spacial score (nSPS) is 19.5. The summed E-state index contributed by atoms with van der Waals surface area (Å²) in [6, 6.07) is -0.501. The van der Waals surface area contributed by atoms with Crippen molar-refractivity contribution in [3.05, 3.63) is 0 Å². The van der Waals surface area contributed by atoms with Crippen molar-refractivity contribution in [2.75, 3.05) is 0 Å². The highest BCUT2D eigenvalue weighted by molar-refractivity contribution is 5.87. The summed E-state index contributed by atoms with van der Waals surface area (Å²) in [4.78, 5) is 22.7. The van der Waals surface area contributed by atoms with E-state index in [0.717, 1.165) is 25.7 Å². The second-order valence-electron chi connectivity index (χ2n) is 4.21. The van der Waals surface area contributed by atoms with E-state index in [9.17, 15) is 9.59 Å². The molecule has 0 aromatic carbocycles. The van der Waals surface area contributed by atoms with Gasteiger partial charge in [0.05, 0.1) is 0 Å². The summed E-state index contributed by atoms with van der Waals surface area (Å²) in [5.74, 6) is -0.353. The third-order valence-electron chi connectivity index (χ3n) is 3.04. The van der Waals surface area contributed by atoms with Crippen molar-refractivity contribution in [2.24, 2.45) is 11.7 Å². The molecule has 0 radical (unpaired) electrons. The standard InChI is InChI=1S/C11H20N2O2/c1-2-9(10(12)14)13-11(15)8-6-4-3-5-7-8/h8-9H,2-7H2,1H3,(H2,12,14)(H,13,15)/t9-/m1/s1. The monoisotopic (exact) mass is 212 g/mol. The Morgan fingerprint density at radius 3 is 2.40 bits per heavy atom. The van der Waals surface area contributed by atoms with E-state index >= 15 is 0 Å². The zero-order valence-corrected chi connectivity index (χ0v) is 9.29. The maximum atomic E-state index is 11.8. The molecule has 0 spiro atoms. The van der Waals surface area contributed by atoms with Crippen molar-refractivity contribution in [3.8, 4) is 0 Å². The number of carbonyl (C=O) groups is 2. The average Bonchev–Trinajstić information content (AvgIpc) is 2.26. The Hall–Kier alpha value is -1.06. The van der Waals surface area contributed by atoms with Gasteiger partial charge in [-0.25, -0.2) is 0 Å². The summed E-state index contributed by atoms with van der Waals surface area (Å²) in [5.41, 5.74) is 5.17. The molecule has 0 aromatic rings. The van der Waals surface area contributed by atoms with Crippen LogP contribution in [0.4, 0.5) is 0 Å². The third kappa shape index (κ3) is 3.53. The molecular weight excluding hydrogens is 192 g/mol. The highest BCUT2D eigenvalue weighted by Crippen LogP contribution is 2.23. The van der Waals surface area contributed by atoms with Gasteiger partial charge in [0.2, 0.25) is 11.8 Å². The minimum absolute atomic E-state index is 0.000324. The van der Waals surface area contributed by atoms with E-state index in [-0.39, 0.29) is 11.8 Å². The van der Waals surface area contributed by atoms with E-state index in [1.165, 1.54) is 6.42 Å². The molecule has 1 saturated carbocycles. The molecule has 1 rings (SSSR count). The Balaban J connectivity index is 2.42. The molecule has 15 heavy (non-hydrogen) atoms. The number of primary amides is 1. The molecule has 86 valence electrons. The summed E-state index contributed by atoms with van der Waals surface area (Å²) < 4.78 is 0. The first-order valence-electron chi connectivity index (χ1n) is 5.74. The van der Waals surface area contributed by atoms with Gasteiger partial charge in [-0.05, 0) is 19.3 Å². The van der Waals surface area contributed by atoms with E-state index in [0.29, 0.717) is 6.42 Å². The molecule has 4 heteroatoms. The predicted octanol–water partition coefficient (Wildman–Crippen LogP) is 0.947. The maximum Gasteiger partial charge on any atom is 0.239 e. The third-order valence-corrected chi connectivity index (χ3v) is 3.04. The van der Waals surface area contributed by atoms with Gasteiger partial charge < -0.3 is 11.1 Å². The highest BCUT2D eigenvalue weighted by Gasteiger charge is 2.24. The molecule has 3 N–H and O–H groups in total. The van der Waals surface area contributed by atoms with Crippen LogP contribution in [0.3, 0.4) is 0 Å². The first-order valence-corrected chi connectivity index (χ1v) is 5.74. The maximum absolute atomic E-state index is 11.8. The molecule has 4 nitrogen and oxygen atoms in total. The van der Waals surface area contributed by atoms with Crippen LogP contribution >= 0.6 is 0 Å². The number of nitrogens with one attached hydrogen (secondary N) is 1. The zero-order valence-electron chi connectivity index (χ0n) is 9.29. The number of carbonyl (C=O) groups excluding carboxylic acids is 2. The van der Waals surface area contributed by atoms with Gasteiger partial charge in [0.15, 0.2) is 0 Å². The molecule has 2 amide bonds. The minimum Gasteiger partial charge on any atom is -0.368 e. The van der Waals surface area contributed by atoms with Crippen molar-refractivity contribution in [2.45, 2.75) is 51.5 Å². The van der Waals surface area contributed by atoms with Crippen LogP contribution in [0, 0.1) is 5.92 Å². The molecule has 0 saturated heterocycles. The summed E-state index contributed by atoms with van der Waals surface area (Å²) >= 11 is 0. The van der Waals surface area contributed by atoms with Crippen LogP contribution in [0.2, 0.25) is 0 Å². The second kappa shape index (κ2) is 5.73. The molecule has 1 atom stereocenters. The smallest absolute Gasteiger partial charge is 0.239 e. The fourth-order valence-corrected chi connectivity index (χ4v) is 2.03. The van der Waals surface area contributed by atoms with Gasteiger partial charge in [-0.15, -0.1) is 0 Å². The van der Waals surface area contributed by atoms with Crippen molar-refractivity contribution in [3.63, 3.8) is 0 Å². The van der Waals surface area contributed by atoms with Gasteiger partial charge in [-0.2, -0.15) is 0 Å². The van der Waals surface area contributed by atoms with Gasteiger partial charge in [0.1, 0.15) is 6.04 Å². The molecule has 1 aliphatic rings. The fraction of sp³-hybridized carbons (Fsp3) is 0.818. The van der Waals surface area contributed by atoms with E-state index in [2.05, 4.69) is 5.32 Å². The number of rotatable bonds is 4. The van der Waals surface area contributed by atoms with Crippen LogP contribution in [0.1, 0.15) is 45.4 Å². The molecular formula is C11H20N2O2. The molecule has 0 unspecified atom stereocenters. The van der Waals surface area contributed by atoms with Crippen molar-refractivity contribution in [1.29, 1.82) is 0 Å². The SMILES string of the molecule is CC[C@@H](NC(=O)C1CCCCC1)C(N)=O. The van der Waals surface area contributed by atoms with Crippen molar-refractivity contribution < 1.29 is 9.59 Å². The minimum atomic E-state index is -0.501. The van der Waals surface area contributed by atoms with E-state index in [4.69, 9.17) is 5.73 Å². The predicted molar refractivity (Wildman–Crippen MR) is 58.0 cm³/mol. The van der Waals surface area contributed by atoms with E-state index in [1.54, 1.807) is 0 Å². The van der Waals surface area contributed by atoms with E-state index < -0.39 is 11.9 Å². The molecule has 1 fully saturated rings. The van der Waals surface area contributed by atoms with Gasteiger partial charge >= 0.3 is 0 Å². The van der Waals surface area contributed by atoms with Crippen molar-refractivity contribution >= 4 is 11.8 Å². The van der Waals surface area contributed by atoms with E-state index in [1.807, 2.05) is 6.92 Å². The fourth-order valence-electron chi connectivity index (χ4n) is 2.03. The summed E-state index contributed by atoms with van der Waals surface area (Å²) in [5, 5.41) is 2.72. The summed E-state index contributed by atoms with van der Waals surface area (Å²) in [6.45, 7) is 1.84. The van der Waals surface area contributed by atoms with Crippen LogP contribution < -0.4 is 11.1 Å². The van der Waals surface area contributed by atoms with Crippen LogP contribution in [-0.4, -0.2) is 17.9 Å². The second-order valence-corrected chi connectivity index (χ2v) is 4.21. The van der Waals surface area contributed by atoms with Crippen LogP contribution in [0.15, 0.2) is 0 Å². The van der Waals surface area contributed by atoms with Gasteiger partial charge in [0, 0.05) is 5.92 Å². The van der Waals surface area contributed by atoms with Crippen LogP contribution in [0.25, 0.3) is 0 Å². The van der Waals surface area contributed by atoms with Gasteiger partial charge in [0.25, 0.3) is 0 Å². The summed E-state index contributed by atoms with van der Waals surface area (Å²) in [7, 11) is 0. The molecule has 0 aromatic heterocycles. The quantitative estimate of drug-likeness (QED) is 0.728. The number of amides is 2. The summed E-state index contributed by atoms with van der Waals surface area (Å²) in [6.07, 6.45) is 5.91. The van der Waals surface area contributed by atoms with Gasteiger partial charge in [-0.3, -0.25) is 9.59 Å². The number of nitrogens with two attached hydrogens (primary N) is 1. The number of hydrogen-bond donors (Lipinski definition) is 2. The van der Waals surface area contributed by atoms with Crippen LogP contribution in [0.5, 0.6) is 0 Å². The lowest BCUT2D eigenvalue weighted by atomic mass is 9.88.